The highest BCUT2D eigenvalue weighted by atomic mass is 15.3. The van der Waals surface area contributed by atoms with Gasteiger partial charge in [-0.15, -0.1) is 0 Å². The van der Waals surface area contributed by atoms with Crippen molar-refractivity contribution in [2.24, 2.45) is 0 Å². The number of pyridine rings is 3. The van der Waals surface area contributed by atoms with Crippen LogP contribution in [0.2, 0.25) is 0 Å². The normalized spacial score (nSPS) is 12.8. The highest BCUT2D eigenvalue weighted by Gasteiger charge is 2.27. The number of rotatable bonds is 6. The van der Waals surface area contributed by atoms with E-state index in [2.05, 4.69) is 165 Å². The van der Waals surface area contributed by atoms with Crippen LogP contribution in [0.1, 0.15) is 76.0 Å². The highest BCUT2D eigenvalue weighted by molar-refractivity contribution is 5.82. The Labute approximate surface area is 284 Å². The molecule has 1 aliphatic rings. The van der Waals surface area contributed by atoms with E-state index in [1.54, 1.807) is 0 Å². The van der Waals surface area contributed by atoms with Crippen molar-refractivity contribution < 1.29 is 0 Å². The molecule has 240 valence electrons. The standard InChI is InChI=1S/C42H42N6/c1-28(2)31-22-37-43-38(23-31)47(35-18-12-8-13-19-35)40-25-33(30(5)6)27-42(45-40)48(36-20-14-9-15-21-36)41-26-32(29(3)4)24-39(44-41)46(37)34-16-10-7-11-17-34/h7-30H,1-6H3. The molecular weight excluding hydrogens is 589 g/mol. The second-order valence-electron chi connectivity index (χ2n) is 13.3. The molecule has 1 aliphatic heterocycles. The van der Waals surface area contributed by atoms with Gasteiger partial charge in [-0.05, 0) is 107 Å². The largest absolute Gasteiger partial charge is 0.279 e. The maximum absolute atomic E-state index is 5.46. The molecule has 3 aromatic carbocycles. The second kappa shape index (κ2) is 13.0. The summed E-state index contributed by atoms with van der Waals surface area (Å²) in [5.41, 5.74) is 6.51. The van der Waals surface area contributed by atoms with E-state index in [1.807, 2.05) is 18.2 Å². The molecule has 0 fully saturated rings. The zero-order chi connectivity index (χ0) is 33.4. The van der Waals surface area contributed by atoms with Crippen LogP contribution >= 0.6 is 0 Å². The fourth-order valence-electron chi connectivity index (χ4n) is 6.13. The molecule has 0 atom stereocenters. The van der Waals surface area contributed by atoms with Gasteiger partial charge in [-0.2, -0.15) is 0 Å². The van der Waals surface area contributed by atoms with Gasteiger partial charge in [-0.1, -0.05) is 96.1 Å². The fourth-order valence-corrected chi connectivity index (χ4v) is 6.13. The van der Waals surface area contributed by atoms with Crippen molar-refractivity contribution in [3.63, 3.8) is 0 Å². The SMILES string of the molecule is CC(C)c1cc2nc(c1)N(c1ccccc1)c1cc(C(C)C)cc(n1)N(c1ccccc1)c1cc(C(C)C)cc(n1)N2c1ccccc1. The smallest absolute Gasteiger partial charge is 0.141 e. The minimum Gasteiger partial charge on any atom is -0.279 e. The number of fused-ring (bicyclic) bond motifs is 6. The van der Waals surface area contributed by atoms with Gasteiger partial charge in [-0.3, -0.25) is 14.7 Å². The Kier molecular flexibility index (Phi) is 8.40. The van der Waals surface area contributed by atoms with Crippen molar-refractivity contribution in [1.29, 1.82) is 0 Å². The number of benzene rings is 3. The predicted molar refractivity (Wildman–Crippen MR) is 200 cm³/mol. The van der Waals surface area contributed by atoms with E-state index < -0.39 is 0 Å². The summed E-state index contributed by atoms with van der Waals surface area (Å²) in [4.78, 5) is 23.0. The number of para-hydroxylation sites is 3. The van der Waals surface area contributed by atoms with E-state index in [0.717, 1.165) is 52.0 Å². The second-order valence-corrected chi connectivity index (χ2v) is 13.3. The van der Waals surface area contributed by atoms with Crippen LogP contribution in [0.4, 0.5) is 52.0 Å². The van der Waals surface area contributed by atoms with Crippen molar-refractivity contribution in [3.8, 4) is 0 Å². The zero-order valence-electron chi connectivity index (χ0n) is 28.5. The lowest BCUT2D eigenvalue weighted by atomic mass is 10.0. The summed E-state index contributed by atoms with van der Waals surface area (Å²) in [7, 11) is 0. The minimum atomic E-state index is 0.262. The van der Waals surface area contributed by atoms with Gasteiger partial charge in [0.1, 0.15) is 34.9 Å². The summed E-state index contributed by atoms with van der Waals surface area (Å²) in [6.45, 7) is 13.4. The molecule has 6 aromatic rings. The van der Waals surface area contributed by atoms with Crippen molar-refractivity contribution in [1.82, 2.24) is 15.0 Å². The average Bonchev–Trinajstić information content (AvgIpc) is 3.09. The topological polar surface area (TPSA) is 48.4 Å². The molecular formula is C42H42N6. The van der Waals surface area contributed by atoms with Crippen molar-refractivity contribution in [2.45, 2.75) is 59.3 Å². The Balaban J connectivity index is 1.65. The van der Waals surface area contributed by atoms with Gasteiger partial charge in [0.25, 0.3) is 0 Å². The third-order valence-corrected chi connectivity index (χ3v) is 8.88. The Bertz CT molecular complexity index is 1720. The van der Waals surface area contributed by atoms with Gasteiger partial charge in [-0.25, -0.2) is 15.0 Å². The molecule has 0 spiro atoms. The summed E-state index contributed by atoms with van der Waals surface area (Å²) in [5, 5.41) is 0. The van der Waals surface area contributed by atoms with E-state index >= 15 is 0 Å². The molecule has 4 heterocycles. The molecule has 0 radical (unpaired) electrons. The van der Waals surface area contributed by atoms with Crippen molar-refractivity contribution in [3.05, 3.63) is 144 Å². The number of anilines is 9. The monoisotopic (exact) mass is 630 g/mol. The zero-order valence-corrected chi connectivity index (χ0v) is 28.5. The maximum Gasteiger partial charge on any atom is 0.141 e. The summed E-state index contributed by atoms with van der Waals surface area (Å²) >= 11 is 0. The van der Waals surface area contributed by atoms with Gasteiger partial charge in [0, 0.05) is 17.1 Å². The first-order chi connectivity index (χ1) is 23.3. The predicted octanol–water partition coefficient (Wildman–Crippen LogP) is 12.0. The van der Waals surface area contributed by atoms with Crippen molar-refractivity contribution >= 4 is 52.0 Å². The molecule has 0 amide bonds. The third kappa shape index (κ3) is 6.02. The van der Waals surface area contributed by atoms with E-state index in [1.165, 1.54) is 16.7 Å². The van der Waals surface area contributed by atoms with Crippen LogP contribution < -0.4 is 14.7 Å². The van der Waals surface area contributed by atoms with E-state index in [4.69, 9.17) is 15.0 Å². The Morgan fingerprint density at radius 1 is 0.333 bits per heavy atom. The summed E-state index contributed by atoms with van der Waals surface area (Å²) < 4.78 is 0. The molecule has 6 nitrogen and oxygen atoms in total. The third-order valence-electron chi connectivity index (χ3n) is 8.88. The molecule has 6 bridgehead atoms. The lowest BCUT2D eigenvalue weighted by molar-refractivity contribution is 0.852. The average molecular weight is 631 g/mol. The van der Waals surface area contributed by atoms with Crippen LogP contribution in [0, 0.1) is 0 Å². The fraction of sp³-hybridized carbons (Fsp3) is 0.214. The lowest BCUT2D eigenvalue weighted by Gasteiger charge is -2.32. The van der Waals surface area contributed by atoms with Gasteiger partial charge in [0.05, 0.1) is 0 Å². The molecule has 48 heavy (non-hydrogen) atoms. The van der Waals surface area contributed by atoms with Crippen LogP contribution in [-0.2, 0) is 0 Å². The Morgan fingerprint density at radius 3 is 0.729 bits per heavy atom. The van der Waals surface area contributed by atoms with Crippen molar-refractivity contribution in [2.75, 3.05) is 14.7 Å². The number of hydrogen-bond acceptors (Lipinski definition) is 6. The highest BCUT2D eigenvalue weighted by Crippen LogP contribution is 2.44. The molecule has 3 aromatic heterocycles. The van der Waals surface area contributed by atoms with Crippen LogP contribution in [-0.4, -0.2) is 15.0 Å². The van der Waals surface area contributed by atoms with Gasteiger partial charge in [0.15, 0.2) is 0 Å². The number of aromatic nitrogens is 3. The molecule has 6 heteroatoms. The first kappa shape index (κ1) is 31.1. The molecule has 0 aliphatic carbocycles. The Hall–Kier alpha value is -5.49. The summed E-state index contributed by atoms with van der Waals surface area (Å²) in [6, 6.07) is 44.6. The van der Waals surface area contributed by atoms with Crippen LogP contribution in [0.15, 0.2) is 127 Å². The first-order valence-electron chi connectivity index (χ1n) is 16.9. The maximum atomic E-state index is 5.46. The Morgan fingerprint density at radius 2 is 0.542 bits per heavy atom. The molecule has 0 saturated heterocycles. The lowest BCUT2D eigenvalue weighted by Crippen LogP contribution is -2.22. The van der Waals surface area contributed by atoms with Gasteiger partial charge in [0.2, 0.25) is 0 Å². The summed E-state index contributed by atoms with van der Waals surface area (Å²) in [5.74, 6) is 5.59. The van der Waals surface area contributed by atoms with E-state index in [9.17, 15) is 0 Å². The summed E-state index contributed by atoms with van der Waals surface area (Å²) in [6.07, 6.45) is 0. The van der Waals surface area contributed by atoms with Gasteiger partial charge >= 0.3 is 0 Å². The molecule has 7 rings (SSSR count). The number of hydrogen-bond donors (Lipinski definition) is 0. The quantitative estimate of drug-likeness (QED) is 0.182. The van der Waals surface area contributed by atoms with Crippen LogP contribution in [0.5, 0.6) is 0 Å². The minimum absolute atomic E-state index is 0.262. The molecule has 0 saturated carbocycles. The van der Waals surface area contributed by atoms with Crippen LogP contribution in [0.3, 0.4) is 0 Å². The first-order valence-corrected chi connectivity index (χ1v) is 16.9. The molecule has 0 unspecified atom stereocenters. The van der Waals surface area contributed by atoms with Gasteiger partial charge < -0.3 is 0 Å². The van der Waals surface area contributed by atoms with E-state index in [-0.39, 0.29) is 17.8 Å². The van der Waals surface area contributed by atoms with Crippen LogP contribution in [0.25, 0.3) is 0 Å². The number of nitrogens with zero attached hydrogens (tertiary/aromatic N) is 6. The molecule has 0 N–H and O–H groups in total. The van der Waals surface area contributed by atoms with E-state index in [0.29, 0.717) is 0 Å².